The summed E-state index contributed by atoms with van der Waals surface area (Å²) < 4.78 is 0. The Hall–Kier alpha value is -2.12. The summed E-state index contributed by atoms with van der Waals surface area (Å²) in [5.74, 6) is 1.04. The molecule has 21 heavy (non-hydrogen) atoms. The third-order valence-corrected chi connectivity index (χ3v) is 4.20. The fourth-order valence-corrected chi connectivity index (χ4v) is 2.93. The zero-order valence-electron chi connectivity index (χ0n) is 12.4. The molecular weight excluding hydrogens is 260 g/mol. The Morgan fingerprint density at radius 3 is 2.62 bits per heavy atom. The summed E-state index contributed by atoms with van der Waals surface area (Å²) in [5.41, 5.74) is 1.04. The van der Waals surface area contributed by atoms with Crippen molar-refractivity contribution in [3.05, 3.63) is 36.4 Å². The Morgan fingerprint density at radius 1 is 1.14 bits per heavy atom. The van der Waals surface area contributed by atoms with Crippen LogP contribution in [0.3, 0.4) is 0 Å². The van der Waals surface area contributed by atoms with E-state index in [1.54, 1.807) is 0 Å². The van der Waals surface area contributed by atoms with Gasteiger partial charge in [0.25, 0.3) is 0 Å². The zero-order chi connectivity index (χ0) is 14.7. The largest absolute Gasteiger partial charge is 0.354 e. The SMILES string of the molecule is CCC(C#N)N1CCN(c2ccc3ccccc3n2)CC1. The Balaban J connectivity index is 1.72. The number of anilines is 1. The first kappa shape index (κ1) is 13.8. The quantitative estimate of drug-likeness (QED) is 0.867. The Bertz CT molecular complexity index is 653. The number of para-hydroxylation sites is 1. The van der Waals surface area contributed by atoms with Gasteiger partial charge in [-0.15, -0.1) is 0 Å². The molecule has 108 valence electrons. The lowest BCUT2D eigenvalue weighted by Crippen LogP contribution is -2.50. The van der Waals surface area contributed by atoms with Crippen LogP contribution in [0.2, 0.25) is 0 Å². The molecule has 0 N–H and O–H groups in total. The molecule has 1 saturated heterocycles. The van der Waals surface area contributed by atoms with Crippen molar-refractivity contribution >= 4 is 16.7 Å². The summed E-state index contributed by atoms with van der Waals surface area (Å²) in [6, 6.07) is 14.9. The number of nitriles is 1. The second kappa shape index (κ2) is 6.11. The summed E-state index contributed by atoms with van der Waals surface area (Å²) in [6.45, 7) is 5.80. The van der Waals surface area contributed by atoms with E-state index in [1.165, 1.54) is 5.39 Å². The molecule has 0 bridgehead atoms. The standard InChI is InChI=1S/C17H20N4/c1-2-15(13-18)20-9-11-21(12-10-20)17-8-7-14-5-3-4-6-16(14)19-17/h3-8,15H,2,9-12H2,1H3. The molecule has 1 aromatic carbocycles. The fraction of sp³-hybridized carbons (Fsp3) is 0.412. The van der Waals surface area contributed by atoms with Gasteiger partial charge in [-0.25, -0.2) is 4.98 Å². The monoisotopic (exact) mass is 280 g/mol. The highest BCUT2D eigenvalue weighted by Crippen LogP contribution is 2.20. The number of pyridine rings is 1. The van der Waals surface area contributed by atoms with E-state index >= 15 is 0 Å². The average molecular weight is 280 g/mol. The number of aromatic nitrogens is 1. The fourth-order valence-electron chi connectivity index (χ4n) is 2.93. The number of piperazine rings is 1. The molecule has 0 saturated carbocycles. The van der Waals surface area contributed by atoms with Gasteiger partial charge >= 0.3 is 0 Å². The van der Waals surface area contributed by atoms with Crippen LogP contribution in [-0.2, 0) is 0 Å². The minimum atomic E-state index is 0.0525. The molecule has 2 aromatic rings. The molecule has 0 amide bonds. The van der Waals surface area contributed by atoms with Crippen molar-refractivity contribution in [3.63, 3.8) is 0 Å². The van der Waals surface area contributed by atoms with Crippen LogP contribution in [0.25, 0.3) is 10.9 Å². The number of hydrogen-bond acceptors (Lipinski definition) is 4. The van der Waals surface area contributed by atoms with Crippen LogP contribution in [0.5, 0.6) is 0 Å². The maximum absolute atomic E-state index is 9.16. The molecule has 1 unspecified atom stereocenters. The topological polar surface area (TPSA) is 43.2 Å². The van der Waals surface area contributed by atoms with Crippen molar-refractivity contribution in [2.75, 3.05) is 31.1 Å². The van der Waals surface area contributed by atoms with E-state index in [2.05, 4.69) is 47.1 Å². The van der Waals surface area contributed by atoms with Crippen molar-refractivity contribution in [1.29, 1.82) is 5.26 Å². The van der Waals surface area contributed by atoms with Crippen molar-refractivity contribution in [2.24, 2.45) is 0 Å². The molecular formula is C17H20N4. The summed E-state index contributed by atoms with van der Waals surface area (Å²) >= 11 is 0. The Kier molecular flexibility index (Phi) is 4.03. The highest BCUT2D eigenvalue weighted by molar-refractivity contribution is 5.80. The summed E-state index contributed by atoms with van der Waals surface area (Å²) in [5, 5.41) is 10.3. The van der Waals surface area contributed by atoms with E-state index in [1.807, 2.05) is 12.1 Å². The molecule has 4 heteroatoms. The van der Waals surface area contributed by atoms with Gasteiger partial charge in [0.2, 0.25) is 0 Å². The number of nitrogens with zero attached hydrogens (tertiary/aromatic N) is 4. The van der Waals surface area contributed by atoms with Crippen LogP contribution >= 0.6 is 0 Å². The van der Waals surface area contributed by atoms with Crippen LogP contribution in [0, 0.1) is 11.3 Å². The van der Waals surface area contributed by atoms with Gasteiger partial charge in [-0.1, -0.05) is 25.1 Å². The molecule has 1 aromatic heterocycles. The molecule has 3 rings (SSSR count). The number of rotatable bonds is 3. The van der Waals surface area contributed by atoms with Gasteiger partial charge in [0, 0.05) is 31.6 Å². The predicted octanol–water partition coefficient (Wildman–Crippen LogP) is 2.66. The average Bonchev–Trinajstić information content (AvgIpc) is 2.56. The van der Waals surface area contributed by atoms with E-state index in [0.29, 0.717) is 0 Å². The van der Waals surface area contributed by atoms with Gasteiger partial charge in [-0.3, -0.25) is 4.90 Å². The Labute approximate surface area is 125 Å². The highest BCUT2D eigenvalue weighted by atomic mass is 15.3. The highest BCUT2D eigenvalue weighted by Gasteiger charge is 2.23. The molecule has 4 nitrogen and oxygen atoms in total. The molecule has 0 aliphatic carbocycles. The lowest BCUT2D eigenvalue weighted by molar-refractivity contribution is 0.216. The van der Waals surface area contributed by atoms with Crippen LogP contribution in [0.15, 0.2) is 36.4 Å². The molecule has 0 radical (unpaired) electrons. The molecule has 1 atom stereocenters. The maximum Gasteiger partial charge on any atom is 0.129 e. The van der Waals surface area contributed by atoms with Crippen LogP contribution in [-0.4, -0.2) is 42.1 Å². The van der Waals surface area contributed by atoms with Crippen LogP contribution in [0.4, 0.5) is 5.82 Å². The maximum atomic E-state index is 9.16. The van der Waals surface area contributed by atoms with Crippen LogP contribution in [0.1, 0.15) is 13.3 Å². The van der Waals surface area contributed by atoms with Gasteiger partial charge < -0.3 is 4.90 Å². The summed E-state index contributed by atoms with van der Waals surface area (Å²) in [4.78, 5) is 9.34. The zero-order valence-corrected chi connectivity index (χ0v) is 12.4. The van der Waals surface area contributed by atoms with Gasteiger partial charge in [0.1, 0.15) is 5.82 Å². The normalized spacial score (nSPS) is 17.6. The van der Waals surface area contributed by atoms with Gasteiger partial charge in [-0.05, 0) is 24.6 Å². The van der Waals surface area contributed by atoms with Crippen molar-refractivity contribution in [2.45, 2.75) is 19.4 Å². The number of benzene rings is 1. The third kappa shape index (κ3) is 2.84. The van der Waals surface area contributed by atoms with Crippen molar-refractivity contribution in [1.82, 2.24) is 9.88 Å². The van der Waals surface area contributed by atoms with Gasteiger partial charge in [-0.2, -0.15) is 5.26 Å². The second-order valence-electron chi connectivity index (χ2n) is 5.44. The van der Waals surface area contributed by atoms with Crippen molar-refractivity contribution in [3.8, 4) is 6.07 Å². The van der Waals surface area contributed by atoms with Crippen LogP contribution < -0.4 is 4.90 Å². The molecule has 1 aliphatic heterocycles. The molecule has 1 aliphatic rings. The smallest absolute Gasteiger partial charge is 0.129 e. The van der Waals surface area contributed by atoms with Gasteiger partial charge in [0.05, 0.1) is 17.6 Å². The first-order valence-corrected chi connectivity index (χ1v) is 7.56. The van der Waals surface area contributed by atoms with E-state index < -0.39 is 0 Å². The van der Waals surface area contributed by atoms with E-state index in [9.17, 15) is 0 Å². The number of hydrogen-bond donors (Lipinski definition) is 0. The Morgan fingerprint density at radius 2 is 1.90 bits per heavy atom. The molecule has 1 fully saturated rings. The molecule has 0 spiro atoms. The summed E-state index contributed by atoms with van der Waals surface area (Å²) in [6.07, 6.45) is 0.894. The van der Waals surface area contributed by atoms with Crippen molar-refractivity contribution < 1.29 is 0 Å². The molecule has 2 heterocycles. The first-order chi connectivity index (χ1) is 10.3. The second-order valence-corrected chi connectivity index (χ2v) is 5.44. The van der Waals surface area contributed by atoms with Gasteiger partial charge in [0.15, 0.2) is 0 Å². The van der Waals surface area contributed by atoms with E-state index in [0.717, 1.165) is 43.9 Å². The number of fused-ring (bicyclic) bond motifs is 1. The minimum absolute atomic E-state index is 0.0525. The summed E-state index contributed by atoms with van der Waals surface area (Å²) in [7, 11) is 0. The lowest BCUT2D eigenvalue weighted by Gasteiger charge is -2.37. The van der Waals surface area contributed by atoms with E-state index in [-0.39, 0.29) is 6.04 Å². The third-order valence-electron chi connectivity index (χ3n) is 4.20. The van der Waals surface area contributed by atoms with E-state index in [4.69, 9.17) is 10.2 Å². The lowest BCUT2D eigenvalue weighted by atomic mass is 10.1. The minimum Gasteiger partial charge on any atom is -0.354 e. The predicted molar refractivity (Wildman–Crippen MR) is 85.2 cm³/mol. The first-order valence-electron chi connectivity index (χ1n) is 7.56.